The molecule has 4 rings (SSSR count). The van der Waals surface area contributed by atoms with Gasteiger partial charge in [-0.05, 0) is 53.9 Å². The minimum Gasteiger partial charge on any atom is -0.392 e. The van der Waals surface area contributed by atoms with E-state index in [-0.39, 0.29) is 24.8 Å². The first-order valence-corrected chi connectivity index (χ1v) is 13.5. The first-order valence-electron chi connectivity index (χ1n) is 13.5. The summed E-state index contributed by atoms with van der Waals surface area (Å²) in [5, 5.41) is 15.1. The monoisotopic (exact) mass is 529 g/mol. The summed E-state index contributed by atoms with van der Waals surface area (Å²) in [5.41, 5.74) is 6.02. The van der Waals surface area contributed by atoms with E-state index in [0.717, 1.165) is 52.9 Å². The Morgan fingerprint density at radius 1 is 1.00 bits per heavy atom. The van der Waals surface area contributed by atoms with Gasteiger partial charge in [-0.1, -0.05) is 66.7 Å². The third-order valence-electron chi connectivity index (χ3n) is 6.78. The van der Waals surface area contributed by atoms with Gasteiger partial charge in [-0.3, -0.25) is 0 Å². The molecular weight excluding hydrogens is 490 g/mol. The van der Waals surface area contributed by atoms with Gasteiger partial charge >= 0.3 is 6.03 Å². The number of nitrogens with zero attached hydrogens (tertiary/aromatic N) is 1. The van der Waals surface area contributed by atoms with Gasteiger partial charge in [-0.15, -0.1) is 6.58 Å². The zero-order valence-electron chi connectivity index (χ0n) is 22.8. The number of rotatable bonds is 11. The number of benzene rings is 3. The van der Waals surface area contributed by atoms with Crippen molar-refractivity contribution in [2.45, 2.75) is 45.0 Å². The highest BCUT2D eigenvalue weighted by Crippen LogP contribution is 2.39. The summed E-state index contributed by atoms with van der Waals surface area (Å²) >= 11 is 0. The molecule has 3 atom stereocenters. The molecule has 3 N–H and O–H groups in total. The standard InChI is InChI=1S/C32H39N3O4/c1-4-16-35(3)21-29-19-30(25-14-12-23(22-36)13-15-25)39-31(38-29)28-11-7-10-27(18-28)26-9-6-8-24(17-26)20-34-32(37)33-5-2/h4,6-15,17-18,29-31,36H,1,5,16,19-22H2,2-3H3,(H2,33,34,37)/t29-,30+,31+/m1/s1. The topological polar surface area (TPSA) is 83.1 Å². The third-order valence-corrected chi connectivity index (χ3v) is 6.78. The van der Waals surface area contributed by atoms with Crippen LogP contribution in [0.25, 0.3) is 11.1 Å². The zero-order chi connectivity index (χ0) is 27.6. The number of carbonyl (C=O) groups excluding carboxylic acids is 1. The van der Waals surface area contributed by atoms with Gasteiger partial charge in [0.15, 0.2) is 6.29 Å². The van der Waals surface area contributed by atoms with Crippen LogP contribution in [-0.4, -0.2) is 48.8 Å². The molecule has 0 spiro atoms. The second-order valence-corrected chi connectivity index (χ2v) is 9.90. The first-order chi connectivity index (χ1) is 19.0. The Balaban J connectivity index is 1.55. The molecule has 0 aromatic heterocycles. The number of amides is 2. The molecule has 1 aliphatic heterocycles. The van der Waals surface area contributed by atoms with Crippen molar-refractivity contribution in [2.75, 3.05) is 26.7 Å². The number of ether oxygens (including phenoxy) is 2. The minimum absolute atomic E-state index is 0.0164. The van der Waals surface area contributed by atoms with E-state index in [4.69, 9.17) is 9.47 Å². The fourth-order valence-electron chi connectivity index (χ4n) is 4.81. The van der Waals surface area contributed by atoms with Crippen LogP contribution in [0.5, 0.6) is 0 Å². The van der Waals surface area contributed by atoms with E-state index < -0.39 is 6.29 Å². The molecule has 3 aromatic rings. The van der Waals surface area contributed by atoms with Gasteiger partial charge in [-0.2, -0.15) is 0 Å². The van der Waals surface area contributed by atoms with Crippen molar-refractivity contribution in [3.63, 3.8) is 0 Å². The van der Waals surface area contributed by atoms with Crippen molar-refractivity contribution in [3.05, 3.63) is 108 Å². The lowest BCUT2D eigenvalue weighted by Crippen LogP contribution is -2.37. The molecule has 39 heavy (non-hydrogen) atoms. The van der Waals surface area contributed by atoms with Crippen LogP contribution < -0.4 is 10.6 Å². The van der Waals surface area contributed by atoms with E-state index in [1.807, 2.05) is 61.5 Å². The third kappa shape index (κ3) is 8.00. The number of aliphatic hydroxyl groups excluding tert-OH is 1. The second kappa shape index (κ2) is 14.1. The molecule has 1 aliphatic rings. The summed E-state index contributed by atoms with van der Waals surface area (Å²) in [6.45, 7) is 8.34. The normalized spacial score (nSPS) is 19.0. The van der Waals surface area contributed by atoms with Gasteiger partial charge in [0.1, 0.15) is 0 Å². The zero-order valence-corrected chi connectivity index (χ0v) is 22.8. The van der Waals surface area contributed by atoms with E-state index in [9.17, 15) is 9.90 Å². The Kier molecular flexibility index (Phi) is 10.3. The van der Waals surface area contributed by atoms with Crippen LogP contribution in [0.4, 0.5) is 4.79 Å². The SMILES string of the molecule is C=CCN(C)C[C@H]1C[C@@H](c2ccc(CO)cc2)O[C@@H](c2cccc(-c3cccc(CNC(=O)NCC)c3)c2)O1. The fourth-order valence-corrected chi connectivity index (χ4v) is 4.81. The molecule has 0 aliphatic carbocycles. The van der Waals surface area contributed by atoms with Crippen LogP contribution in [0.1, 0.15) is 48.0 Å². The van der Waals surface area contributed by atoms with Crippen molar-refractivity contribution in [3.8, 4) is 11.1 Å². The number of carbonyl (C=O) groups is 1. The smallest absolute Gasteiger partial charge is 0.315 e. The average Bonchev–Trinajstić information content (AvgIpc) is 2.96. The highest BCUT2D eigenvalue weighted by atomic mass is 16.7. The molecule has 206 valence electrons. The molecule has 7 nitrogen and oxygen atoms in total. The first kappa shape index (κ1) is 28.5. The van der Waals surface area contributed by atoms with Crippen molar-refractivity contribution in [1.29, 1.82) is 0 Å². The molecule has 0 radical (unpaired) electrons. The Bertz CT molecular complexity index is 1230. The number of aliphatic hydroxyl groups is 1. The maximum absolute atomic E-state index is 11.8. The number of hydrogen-bond donors (Lipinski definition) is 3. The second-order valence-electron chi connectivity index (χ2n) is 9.90. The number of likely N-dealkylation sites (N-methyl/N-ethyl adjacent to an activating group) is 1. The van der Waals surface area contributed by atoms with Crippen LogP contribution in [0.3, 0.4) is 0 Å². The van der Waals surface area contributed by atoms with Gasteiger partial charge in [0.2, 0.25) is 0 Å². The van der Waals surface area contributed by atoms with Gasteiger partial charge in [0, 0.05) is 38.2 Å². The fraction of sp³-hybridized carbons (Fsp3) is 0.344. The van der Waals surface area contributed by atoms with E-state index in [0.29, 0.717) is 13.1 Å². The Morgan fingerprint density at radius 2 is 1.74 bits per heavy atom. The van der Waals surface area contributed by atoms with Crippen molar-refractivity contribution in [2.24, 2.45) is 0 Å². The molecular formula is C32H39N3O4. The Labute approximate surface area is 231 Å². The summed E-state index contributed by atoms with van der Waals surface area (Å²) in [5.74, 6) is 0. The number of urea groups is 1. The van der Waals surface area contributed by atoms with Gasteiger partial charge < -0.3 is 30.1 Å². The summed E-state index contributed by atoms with van der Waals surface area (Å²) < 4.78 is 13.0. The molecule has 2 amide bonds. The van der Waals surface area contributed by atoms with E-state index >= 15 is 0 Å². The Hall–Kier alpha value is -3.49. The lowest BCUT2D eigenvalue weighted by Gasteiger charge is -2.37. The van der Waals surface area contributed by atoms with E-state index in [2.05, 4.69) is 53.4 Å². The summed E-state index contributed by atoms with van der Waals surface area (Å²) in [7, 11) is 2.06. The average molecular weight is 530 g/mol. The van der Waals surface area contributed by atoms with Gasteiger partial charge in [0.25, 0.3) is 0 Å². The van der Waals surface area contributed by atoms with E-state index in [1.54, 1.807) is 0 Å². The Morgan fingerprint density at radius 3 is 2.46 bits per heavy atom. The molecule has 0 bridgehead atoms. The van der Waals surface area contributed by atoms with E-state index in [1.165, 1.54) is 0 Å². The van der Waals surface area contributed by atoms with Gasteiger partial charge in [-0.25, -0.2) is 4.79 Å². The molecule has 3 aromatic carbocycles. The summed E-state index contributed by atoms with van der Waals surface area (Å²) in [6.07, 6.45) is 1.95. The molecule has 1 saturated heterocycles. The summed E-state index contributed by atoms with van der Waals surface area (Å²) in [6, 6.07) is 24.2. The largest absolute Gasteiger partial charge is 0.392 e. The lowest BCUT2D eigenvalue weighted by molar-refractivity contribution is -0.252. The molecule has 0 unspecified atom stereocenters. The predicted octanol–water partition coefficient (Wildman–Crippen LogP) is 5.33. The minimum atomic E-state index is -0.522. The molecule has 0 saturated carbocycles. The van der Waals surface area contributed by atoms with Crippen LogP contribution in [0.2, 0.25) is 0 Å². The van der Waals surface area contributed by atoms with Crippen LogP contribution in [0, 0.1) is 0 Å². The van der Waals surface area contributed by atoms with Crippen molar-refractivity contribution in [1.82, 2.24) is 15.5 Å². The van der Waals surface area contributed by atoms with Gasteiger partial charge in [0.05, 0.1) is 18.8 Å². The molecule has 7 heteroatoms. The predicted molar refractivity (Wildman–Crippen MR) is 154 cm³/mol. The van der Waals surface area contributed by atoms with Crippen molar-refractivity contribution >= 4 is 6.03 Å². The van der Waals surface area contributed by atoms with Crippen LogP contribution >= 0.6 is 0 Å². The highest BCUT2D eigenvalue weighted by Gasteiger charge is 2.32. The van der Waals surface area contributed by atoms with Crippen LogP contribution in [-0.2, 0) is 22.6 Å². The van der Waals surface area contributed by atoms with Crippen LogP contribution in [0.15, 0.2) is 85.5 Å². The lowest BCUT2D eigenvalue weighted by atomic mass is 9.98. The highest BCUT2D eigenvalue weighted by molar-refractivity contribution is 5.74. The quantitative estimate of drug-likeness (QED) is 0.293. The molecule has 1 heterocycles. The maximum atomic E-state index is 11.8. The summed E-state index contributed by atoms with van der Waals surface area (Å²) in [4.78, 5) is 14.0. The van der Waals surface area contributed by atoms with Crippen molar-refractivity contribution < 1.29 is 19.4 Å². The number of hydrogen-bond acceptors (Lipinski definition) is 5. The number of nitrogens with one attached hydrogen (secondary N) is 2. The molecule has 1 fully saturated rings. The maximum Gasteiger partial charge on any atom is 0.315 e.